The summed E-state index contributed by atoms with van der Waals surface area (Å²) >= 11 is 11.7. The highest BCUT2D eigenvalue weighted by molar-refractivity contribution is 6.29. The maximum Gasteiger partial charge on any atom is 0.274 e. The van der Waals surface area contributed by atoms with Crippen LogP contribution in [0.2, 0.25) is 10.3 Å². The zero-order valence-electron chi connectivity index (χ0n) is 19.7. The molecule has 0 bridgehead atoms. The number of halogens is 2. The monoisotopic (exact) mass is 550 g/mol. The third-order valence-corrected chi connectivity index (χ3v) is 6.38. The number of hydrogen-bond acceptors (Lipinski definition) is 6. The maximum atomic E-state index is 11.2. The predicted octanol–water partition coefficient (Wildman–Crippen LogP) is 2.20. The smallest absolute Gasteiger partial charge is 0.274 e. The Morgan fingerprint density at radius 3 is 1.49 bits per heavy atom. The molecule has 0 saturated carbocycles. The molecule has 0 atom stereocenters. The van der Waals surface area contributed by atoms with Crippen LogP contribution in [0.25, 0.3) is 0 Å². The zero-order chi connectivity index (χ0) is 26.4. The molecule has 0 spiro atoms. The number of aromatic nitrogens is 2. The summed E-state index contributed by atoms with van der Waals surface area (Å²) in [6.45, 7) is 4.07. The summed E-state index contributed by atoms with van der Waals surface area (Å²) in [5, 5.41) is 29.0. The summed E-state index contributed by atoms with van der Waals surface area (Å²) in [6.07, 6.45) is 3.86. The summed E-state index contributed by atoms with van der Waals surface area (Å²) in [5.41, 5.74) is 1.71. The van der Waals surface area contributed by atoms with Crippen LogP contribution in [0.15, 0.2) is 46.9 Å². The third kappa shape index (κ3) is 7.13. The minimum absolute atomic E-state index is 0.275. The topological polar surface area (TPSA) is 150 Å². The Kier molecular flexibility index (Phi) is 8.50. The van der Waals surface area contributed by atoms with Gasteiger partial charge >= 0.3 is 0 Å². The summed E-state index contributed by atoms with van der Waals surface area (Å²) in [7, 11) is 0. The van der Waals surface area contributed by atoms with Gasteiger partial charge in [0.05, 0.1) is 0 Å². The molecule has 2 saturated heterocycles. The number of rotatable bonds is 10. The van der Waals surface area contributed by atoms with Crippen LogP contribution in [0.5, 0.6) is 0 Å². The Labute approximate surface area is 222 Å². The van der Waals surface area contributed by atoms with Crippen molar-refractivity contribution in [3.63, 3.8) is 0 Å². The maximum absolute atomic E-state index is 11.2. The van der Waals surface area contributed by atoms with E-state index in [4.69, 9.17) is 23.2 Å². The van der Waals surface area contributed by atoms with Crippen LogP contribution < -0.4 is 0 Å². The lowest BCUT2D eigenvalue weighted by atomic mass is 10.3. The molecule has 2 aromatic heterocycles. The molecule has 4 rings (SSSR count). The number of guanidine groups is 2. The SMILES string of the molecule is O=[N+]([O-])N=C1N(CCCN2CCN(Cc3ccc(Cl)nc3)C2=N[N+](=O)[O-])CCN1Cc1ccc(Cl)nc1. The van der Waals surface area contributed by atoms with Gasteiger partial charge in [0.1, 0.15) is 20.5 Å². The second-order valence-electron chi connectivity index (χ2n) is 8.42. The lowest BCUT2D eigenvalue weighted by Crippen LogP contribution is -2.38. The first kappa shape index (κ1) is 26.3. The van der Waals surface area contributed by atoms with Crippen molar-refractivity contribution >= 4 is 35.1 Å². The number of nitrogens with zero attached hydrogens (tertiary/aromatic N) is 10. The van der Waals surface area contributed by atoms with Gasteiger partial charge < -0.3 is 19.6 Å². The lowest BCUT2D eigenvalue weighted by Gasteiger charge is -2.23. The van der Waals surface area contributed by atoms with Gasteiger partial charge in [-0.15, -0.1) is 0 Å². The van der Waals surface area contributed by atoms with Crippen molar-refractivity contribution in [2.24, 2.45) is 10.2 Å². The van der Waals surface area contributed by atoms with Crippen LogP contribution >= 0.6 is 23.2 Å². The molecule has 196 valence electrons. The van der Waals surface area contributed by atoms with Gasteiger partial charge in [0, 0.05) is 64.8 Å². The van der Waals surface area contributed by atoms with Gasteiger partial charge in [-0.25, -0.2) is 30.2 Å². The first-order valence-corrected chi connectivity index (χ1v) is 12.2. The van der Waals surface area contributed by atoms with Crippen molar-refractivity contribution in [1.82, 2.24) is 29.6 Å². The summed E-state index contributed by atoms with van der Waals surface area (Å²) in [5.74, 6) is 0.551. The van der Waals surface area contributed by atoms with Crippen molar-refractivity contribution < 1.29 is 10.1 Å². The molecule has 0 unspecified atom stereocenters. The minimum atomic E-state index is -0.702. The van der Waals surface area contributed by atoms with E-state index in [0.717, 1.165) is 11.1 Å². The highest BCUT2D eigenvalue weighted by atomic mass is 35.5. The number of pyridine rings is 2. The van der Waals surface area contributed by atoms with E-state index in [1.807, 2.05) is 31.7 Å². The van der Waals surface area contributed by atoms with Gasteiger partial charge in [0.15, 0.2) is 10.1 Å². The molecule has 0 radical (unpaired) electrons. The molecule has 16 heteroatoms. The average Bonchev–Trinajstić information content (AvgIpc) is 3.40. The van der Waals surface area contributed by atoms with Crippen LogP contribution in [0.4, 0.5) is 0 Å². The first-order valence-electron chi connectivity index (χ1n) is 11.4. The van der Waals surface area contributed by atoms with Gasteiger partial charge in [0.2, 0.25) is 0 Å². The molecule has 2 fully saturated rings. The second-order valence-corrected chi connectivity index (χ2v) is 9.20. The third-order valence-electron chi connectivity index (χ3n) is 5.93. The quantitative estimate of drug-likeness (QED) is 0.244. The zero-order valence-corrected chi connectivity index (χ0v) is 21.2. The van der Waals surface area contributed by atoms with Crippen LogP contribution in [-0.2, 0) is 13.1 Å². The average molecular weight is 551 g/mol. The summed E-state index contributed by atoms with van der Waals surface area (Å²) < 4.78 is 0. The Balaban J connectivity index is 1.37. The fraction of sp³-hybridized carbons (Fsp3) is 0.429. The van der Waals surface area contributed by atoms with Gasteiger partial charge in [0.25, 0.3) is 11.9 Å². The summed E-state index contributed by atoms with van der Waals surface area (Å²) in [6, 6.07) is 6.97. The Hall–Kier alpha value is -3.78. The molecule has 0 aliphatic carbocycles. The van der Waals surface area contributed by atoms with E-state index in [1.54, 1.807) is 24.5 Å². The summed E-state index contributed by atoms with van der Waals surface area (Å²) in [4.78, 5) is 37.9. The lowest BCUT2D eigenvalue weighted by molar-refractivity contribution is -0.486. The van der Waals surface area contributed by atoms with Crippen molar-refractivity contribution in [2.45, 2.75) is 19.5 Å². The normalized spacial score (nSPS) is 17.9. The molecule has 0 aromatic carbocycles. The van der Waals surface area contributed by atoms with Crippen molar-refractivity contribution in [1.29, 1.82) is 0 Å². The molecule has 2 aliphatic rings. The van der Waals surface area contributed by atoms with Gasteiger partial charge in [-0.1, -0.05) is 35.3 Å². The van der Waals surface area contributed by atoms with E-state index in [2.05, 4.69) is 20.2 Å². The van der Waals surface area contributed by atoms with Crippen LogP contribution in [0, 0.1) is 20.2 Å². The minimum Gasteiger partial charge on any atom is -0.336 e. The van der Waals surface area contributed by atoms with E-state index < -0.39 is 10.1 Å². The molecule has 0 N–H and O–H groups in total. The van der Waals surface area contributed by atoms with E-state index in [0.29, 0.717) is 69.1 Å². The largest absolute Gasteiger partial charge is 0.336 e. The van der Waals surface area contributed by atoms with Crippen molar-refractivity contribution in [3.8, 4) is 0 Å². The second kappa shape index (κ2) is 12.0. The Morgan fingerprint density at radius 2 is 1.14 bits per heavy atom. The highest BCUT2D eigenvalue weighted by Gasteiger charge is 2.32. The number of hydrogen-bond donors (Lipinski definition) is 0. The van der Waals surface area contributed by atoms with Crippen molar-refractivity contribution in [2.75, 3.05) is 39.3 Å². The van der Waals surface area contributed by atoms with Gasteiger partial charge in [-0.05, 0) is 29.7 Å². The molecule has 0 amide bonds. The molecule has 37 heavy (non-hydrogen) atoms. The van der Waals surface area contributed by atoms with E-state index >= 15 is 0 Å². The number of hydrazone groups is 2. The first-order chi connectivity index (χ1) is 17.8. The van der Waals surface area contributed by atoms with Gasteiger partial charge in [-0.2, -0.15) is 0 Å². The number of nitro groups is 2. The molecular formula is C21H24Cl2N10O4. The molecule has 14 nitrogen and oxygen atoms in total. The molecule has 2 aliphatic heterocycles. The highest BCUT2D eigenvalue weighted by Crippen LogP contribution is 2.18. The predicted molar refractivity (Wildman–Crippen MR) is 136 cm³/mol. The molecule has 2 aromatic rings. The van der Waals surface area contributed by atoms with Crippen LogP contribution in [0.3, 0.4) is 0 Å². The van der Waals surface area contributed by atoms with Crippen molar-refractivity contribution in [3.05, 3.63) is 78.3 Å². The fourth-order valence-corrected chi connectivity index (χ4v) is 4.52. The molecule has 4 heterocycles. The van der Waals surface area contributed by atoms with Crippen LogP contribution in [-0.4, -0.2) is 90.8 Å². The van der Waals surface area contributed by atoms with E-state index in [9.17, 15) is 20.2 Å². The fourth-order valence-electron chi connectivity index (χ4n) is 4.30. The van der Waals surface area contributed by atoms with Gasteiger partial charge in [-0.3, -0.25) is 0 Å². The Morgan fingerprint density at radius 1 is 0.730 bits per heavy atom. The Bertz CT molecular complexity index is 1090. The van der Waals surface area contributed by atoms with E-state index in [-0.39, 0.29) is 11.9 Å². The van der Waals surface area contributed by atoms with Crippen LogP contribution in [0.1, 0.15) is 17.5 Å². The van der Waals surface area contributed by atoms with E-state index in [1.165, 1.54) is 0 Å². The molecular weight excluding hydrogens is 527 g/mol. The standard InChI is InChI=1S/C21H24Cl2N10O4/c22-18-4-2-16(12-24-18)14-30-10-8-28(20(30)26-32(34)35)6-1-7-29-9-11-31(21(29)27-33(36)37)15-17-3-5-19(23)25-13-17/h2-5,12-13H,1,6-11,14-15H2.